The smallest absolute Gasteiger partial charge is 0.341 e. The lowest BCUT2D eigenvalue weighted by Crippen LogP contribution is -2.24. The Bertz CT molecular complexity index is 1050. The maximum Gasteiger partial charge on any atom is 0.341 e. The number of allylic oxidation sites excluding steroid dienone is 10. The summed E-state index contributed by atoms with van der Waals surface area (Å²) in [5.41, 5.74) is 0.179. The molecule has 6 nitrogen and oxygen atoms in total. The predicted octanol–water partition coefficient (Wildman–Crippen LogP) is 8.83. The van der Waals surface area contributed by atoms with Gasteiger partial charge in [0.2, 0.25) is 0 Å². The van der Waals surface area contributed by atoms with Crippen molar-refractivity contribution < 1.29 is 28.6 Å². The molecule has 42 heavy (non-hydrogen) atoms. The summed E-state index contributed by atoms with van der Waals surface area (Å²) in [6.45, 7) is 6.00. The lowest BCUT2D eigenvalue weighted by molar-refractivity contribution is -0.132. The zero-order chi connectivity index (χ0) is 30.7. The van der Waals surface area contributed by atoms with Gasteiger partial charge in [-0.1, -0.05) is 86.7 Å². The van der Waals surface area contributed by atoms with Gasteiger partial charge in [0.25, 0.3) is 0 Å². The van der Waals surface area contributed by atoms with Crippen LogP contribution in [0, 0.1) is 0 Å². The van der Waals surface area contributed by atoms with Crippen LogP contribution in [0.2, 0.25) is 0 Å². The molecule has 0 aliphatic carbocycles. The molecule has 230 valence electrons. The largest absolute Gasteiger partial charge is 0.462 e. The van der Waals surface area contributed by atoms with Gasteiger partial charge in [-0.05, 0) is 76.3 Å². The predicted molar refractivity (Wildman–Crippen MR) is 171 cm³/mol. The zero-order valence-electron chi connectivity index (χ0n) is 25.8. The van der Waals surface area contributed by atoms with E-state index in [1.807, 2.05) is 6.92 Å². The van der Waals surface area contributed by atoms with Crippen LogP contribution >= 0.6 is 0 Å². The molecule has 0 heterocycles. The van der Waals surface area contributed by atoms with Crippen LogP contribution < -0.4 is 4.74 Å². The van der Waals surface area contributed by atoms with Crippen LogP contribution in [0.25, 0.3) is 0 Å². The summed E-state index contributed by atoms with van der Waals surface area (Å²) in [6, 6.07) is 6.41. The fraction of sp³-hybridized carbons (Fsp3) is 0.472. The maximum absolute atomic E-state index is 12.5. The van der Waals surface area contributed by atoms with Crippen molar-refractivity contribution in [1.82, 2.24) is 0 Å². The summed E-state index contributed by atoms with van der Waals surface area (Å²) in [7, 11) is 0. The van der Waals surface area contributed by atoms with Crippen LogP contribution in [-0.4, -0.2) is 37.0 Å². The van der Waals surface area contributed by atoms with Crippen molar-refractivity contribution in [1.29, 1.82) is 0 Å². The van der Waals surface area contributed by atoms with Crippen LogP contribution in [0.15, 0.2) is 85.0 Å². The minimum atomic E-state index is -0.588. The molecule has 0 bridgehead atoms. The van der Waals surface area contributed by atoms with Crippen LogP contribution in [0.3, 0.4) is 0 Å². The Balaban J connectivity index is 2.12. The van der Waals surface area contributed by atoms with E-state index in [0.29, 0.717) is 19.4 Å². The van der Waals surface area contributed by atoms with Gasteiger partial charge in [-0.25, -0.2) is 4.79 Å². The highest BCUT2D eigenvalue weighted by Gasteiger charge is 2.18. The first-order valence-electron chi connectivity index (χ1n) is 15.3. The van der Waals surface area contributed by atoms with Gasteiger partial charge in [-0.2, -0.15) is 0 Å². The summed E-state index contributed by atoms with van der Waals surface area (Å²) in [5, 5.41) is 0. The van der Waals surface area contributed by atoms with Crippen molar-refractivity contribution in [2.24, 2.45) is 0 Å². The van der Waals surface area contributed by atoms with E-state index in [0.717, 1.165) is 51.4 Å². The second-order valence-corrected chi connectivity index (χ2v) is 9.77. The number of unbranched alkanes of at least 4 members (excludes halogenated alkanes) is 2. The van der Waals surface area contributed by atoms with E-state index in [-0.39, 0.29) is 30.1 Å². The Labute approximate surface area is 253 Å². The summed E-state index contributed by atoms with van der Waals surface area (Å²) in [4.78, 5) is 36.1. The summed E-state index contributed by atoms with van der Waals surface area (Å²) in [5.74, 6) is -0.922. The first kappa shape index (κ1) is 36.5. The van der Waals surface area contributed by atoms with Gasteiger partial charge < -0.3 is 14.2 Å². The molecule has 0 aliphatic heterocycles. The number of rotatable bonds is 23. The van der Waals surface area contributed by atoms with Crippen LogP contribution in [0.5, 0.6) is 5.75 Å². The zero-order valence-corrected chi connectivity index (χ0v) is 25.8. The highest BCUT2D eigenvalue weighted by molar-refractivity contribution is 5.93. The standard InChI is InChI=1S/C36H50O6/c1-4-6-7-8-9-10-11-12-13-14-15-16-17-18-19-20-21-24-29-40-34(5-2)33(38)27-25-30-41-36(39)32-26-22-23-28-35(32)42-31(3)37/h6-7,9-10,12-13,15-16,18-19,22-23,26,28,34H,4-5,8,11,14,17,20-21,24-25,27,29-30H2,1-3H3/b7-6-,10-9-,13-12-,16-15-,19-18-. The fourth-order valence-electron chi connectivity index (χ4n) is 3.93. The number of hydrogen-bond donors (Lipinski definition) is 0. The molecular weight excluding hydrogens is 528 g/mol. The molecule has 6 heteroatoms. The maximum atomic E-state index is 12.5. The van der Waals surface area contributed by atoms with Gasteiger partial charge in [0.15, 0.2) is 5.78 Å². The molecule has 0 fully saturated rings. The number of para-hydroxylation sites is 1. The van der Waals surface area contributed by atoms with Gasteiger partial charge in [0.1, 0.15) is 17.4 Å². The van der Waals surface area contributed by atoms with Crippen molar-refractivity contribution in [3.63, 3.8) is 0 Å². The Kier molecular flexibility index (Phi) is 21.9. The van der Waals surface area contributed by atoms with Crippen molar-refractivity contribution in [2.45, 2.75) is 97.5 Å². The molecule has 0 saturated heterocycles. The number of ketones is 1. The molecule has 0 N–H and O–H groups in total. The number of Topliss-reactive ketones (excluding diaryl/α,β-unsaturated/α-hetero) is 1. The van der Waals surface area contributed by atoms with Crippen molar-refractivity contribution in [3.8, 4) is 5.75 Å². The van der Waals surface area contributed by atoms with Gasteiger partial charge in [0.05, 0.1) is 6.61 Å². The molecule has 0 amide bonds. The van der Waals surface area contributed by atoms with Crippen LogP contribution in [-0.2, 0) is 19.1 Å². The average molecular weight is 579 g/mol. The van der Waals surface area contributed by atoms with E-state index in [1.54, 1.807) is 12.1 Å². The minimum absolute atomic E-state index is 0.0201. The molecule has 0 saturated carbocycles. The number of ether oxygens (including phenoxy) is 3. The summed E-state index contributed by atoms with van der Waals surface area (Å²) in [6.07, 6.45) is 30.7. The molecule has 0 aliphatic rings. The molecule has 1 aromatic carbocycles. The molecule has 0 aromatic heterocycles. The van der Waals surface area contributed by atoms with Crippen molar-refractivity contribution >= 4 is 17.7 Å². The molecule has 1 aromatic rings. The second kappa shape index (κ2) is 25.2. The van der Waals surface area contributed by atoms with E-state index in [9.17, 15) is 14.4 Å². The Morgan fingerprint density at radius 3 is 1.93 bits per heavy atom. The Hall–Kier alpha value is -3.51. The fourth-order valence-corrected chi connectivity index (χ4v) is 3.93. The van der Waals surface area contributed by atoms with E-state index >= 15 is 0 Å². The normalized spacial score (nSPS) is 12.7. The molecule has 1 unspecified atom stereocenters. The lowest BCUT2D eigenvalue weighted by atomic mass is 10.1. The average Bonchev–Trinajstić information content (AvgIpc) is 2.98. The minimum Gasteiger partial charge on any atom is -0.462 e. The third kappa shape index (κ3) is 18.8. The van der Waals surface area contributed by atoms with Gasteiger partial charge in [-0.3, -0.25) is 9.59 Å². The first-order chi connectivity index (χ1) is 20.5. The van der Waals surface area contributed by atoms with Crippen LogP contribution in [0.1, 0.15) is 102 Å². The number of esters is 2. The summed E-state index contributed by atoms with van der Waals surface area (Å²) < 4.78 is 16.2. The van der Waals surface area contributed by atoms with Crippen molar-refractivity contribution in [3.05, 3.63) is 90.6 Å². The lowest BCUT2D eigenvalue weighted by Gasteiger charge is -2.15. The number of benzene rings is 1. The van der Waals surface area contributed by atoms with Crippen molar-refractivity contribution in [2.75, 3.05) is 13.2 Å². The van der Waals surface area contributed by atoms with Gasteiger partial charge in [-0.15, -0.1) is 0 Å². The number of hydrogen-bond acceptors (Lipinski definition) is 6. The van der Waals surface area contributed by atoms with Crippen LogP contribution in [0.4, 0.5) is 0 Å². The molecule has 1 atom stereocenters. The monoisotopic (exact) mass is 578 g/mol. The molecule has 1 rings (SSSR count). The number of carbonyl (C=O) groups excluding carboxylic acids is 3. The quantitative estimate of drug-likeness (QED) is 0.0559. The van der Waals surface area contributed by atoms with E-state index in [2.05, 4.69) is 67.7 Å². The SMILES string of the molecule is CC/C=C\C/C=C\C/C=C\C/C=C\C/C=C\CCCCOC(CC)C(=O)CCCOC(=O)c1ccccc1OC(C)=O. The van der Waals surface area contributed by atoms with E-state index < -0.39 is 18.0 Å². The number of carbonyl (C=O) groups is 3. The second-order valence-electron chi connectivity index (χ2n) is 9.77. The molecule has 0 radical (unpaired) electrons. The highest BCUT2D eigenvalue weighted by Crippen LogP contribution is 2.19. The summed E-state index contributed by atoms with van der Waals surface area (Å²) >= 11 is 0. The first-order valence-corrected chi connectivity index (χ1v) is 15.3. The van der Waals surface area contributed by atoms with Gasteiger partial charge in [0, 0.05) is 20.0 Å². The topological polar surface area (TPSA) is 78.9 Å². The Morgan fingerprint density at radius 2 is 1.33 bits per heavy atom. The third-order valence-electron chi connectivity index (χ3n) is 6.13. The molecular formula is C36H50O6. The molecule has 0 spiro atoms. The van der Waals surface area contributed by atoms with Gasteiger partial charge >= 0.3 is 11.9 Å². The van der Waals surface area contributed by atoms with E-state index in [1.165, 1.54) is 19.1 Å². The van der Waals surface area contributed by atoms with E-state index in [4.69, 9.17) is 14.2 Å². The highest BCUT2D eigenvalue weighted by atomic mass is 16.5. The Morgan fingerprint density at radius 1 is 0.738 bits per heavy atom. The third-order valence-corrected chi connectivity index (χ3v) is 6.13.